The summed E-state index contributed by atoms with van der Waals surface area (Å²) in [6, 6.07) is 0. The van der Waals surface area contributed by atoms with Crippen LogP contribution in [0, 0.1) is 5.92 Å². The van der Waals surface area contributed by atoms with Crippen LogP contribution in [-0.4, -0.2) is 48.3 Å². The van der Waals surface area contributed by atoms with Gasteiger partial charge in [-0.1, -0.05) is 6.42 Å². The Morgan fingerprint density at radius 3 is 3.00 bits per heavy atom. The summed E-state index contributed by atoms with van der Waals surface area (Å²) in [6.45, 7) is 2.37. The second-order valence-corrected chi connectivity index (χ2v) is 4.48. The fraction of sp³-hybridized carbons (Fsp3) is 0.909. The lowest BCUT2D eigenvalue weighted by atomic mass is 10.0. The highest BCUT2D eigenvalue weighted by Crippen LogP contribution is 2.28. The zero-order valence-corrected chi connectivity index (χ0v) is 9.02. The van der Waals surface area contributed by atoms with Gasteiger partial charge in [-0.25, -0.2) is 0 Å². The van der Waals surface area contributed by atoms with Crippen molar-refractivity contribution in [3.8, 4) is 0 Å². The lowest BCUT2D eigenvalue weighted by Crippen LogP contribution is -2.42. The predicted molar refractivity (Wildman–Crippen MR) is 55.4 cm³/mol. The molecule has 4 heteroatoms. The molecule has 1 amide bonds. The van der Waals surface area contributed by atoms with Crippen LogP contribution in [0.4, 0.5) is 0 Å². The number of aliphatic hydroxyl groups excluding tert-OH is 1. The van der Waals surface area contributed by atoms with Crippen LogP contribution < -0.4 is 0 Å². The smallest absolute Gasteiger partial charge is 0.248 e. The third-order valence-electron chi connectivity index (χ3n) is 3.47. The summed E-state index contributed by atoms with van der Waals surface area (Å²) >= 11 is 0. The van der Waals surface area contributed by atoms with Crippen LogP contribution in [0.2, 0.25) is 0 Å². The van der Waals surface area contributed by atoms with Gasteiger partial charge in [-0.3, -0.25) is 4.79 Å². The fourth-order valence-corrected chi connectivity index (χ4v) is 2.46. The SMILES string of the molecule is O=C1COCCN1CCC1CCCC1O. The van der Waals surface area contributed by atoms with Crippen molar-refractivity contribution in [2.24, 2.45) is 5.92 Å². The number of aliphatic hydroxyl groups is 1. The van der Waals surface area contributed by atoms with E-state index in [0.29, 0.717) is 19.1 Å². The molecule has 2 aliphatic rings. The third-order valence-corrected chi connectivity index (χ3v) is 3.47. The van der Waals surface area contributed by atoms with Gasteiger partial charge >= 0.3 is 0 Å². The molecule has 4 nitrogen and oxygen atoms in total. The van der Waals surface area contributed by atoms with Crippen LogP contribution in [-0.2, 0) is 9.53 Å². The summed E-state index contributed by atoms with van der Waals surface area (Å²) in [6.07, 6.45) is 3.97. The first-order valence-corrected chi connectivity index (χ1v) is 5.81. The van der Waals surface area contributed by atoms with Crippen molar-refractivity contribution < 1.29 is 14.6 Å². The summed E-state index contributed by atoms with van der Waals surface area (Å²) in [7, 11) is 0. The number of hydrogen-bond donors (Lipinski definition) is 1. The van der Waals surface area contributed by atoms with E-state index in [1.165, 1.54) is 0 Å². The fourth-order valence-electron chi connectivity index (χ4n) is 2.46. The average Bonchev–Trinajstić information content (AvgIpc) is 2.63. The molecule has 1 aliphatic carbocycles. The molecule has 0 aromatic rings. The Bertz CT molecular complexity index is 232. The molecular weight excluding hydrogens is 194 g/mol. The van der Waals surface area contributed by atoms with Gasteiger partial charge in [-0.15, -0.1) is 0 Å². The standard InChI is InChI=1S/C11H19NO3/c13-10-3-1-2-9(10)4-5-12-6-7-15-8-11(12)14/h9-10,13H,1-8H2. The number of rotatable bonds is 3. The number of carbonyl (C=O) groups excluding carboxylic acids is 1. The Morgan fingerprint density at radius 1 is 1.47 bits per heavy atom. The first kappa shape index (κ1) is 10.9. The maximum atomic E-state index is 11.4. The van der Waals surface area contributed by atoms with Gasteiger partial charge in [-0.2, -0.15) is 0 Å². The van der Waals surface area contributed by atoms with Crippen LogP contribution >= 0.6 is 0 Å². The molecule has 1 heterocycles. The van der Waals surface area contributed by atoms with Crippen LogP contribution in [0.3, 0.4) is 0 Å². The Labute approximate surface area is 90.2 Å². The Hall–Kier alpha value is -0.610. The number of morpholine rings is 1. The van der Waals surface area contributed by atoms with E-state index in [1.54, 1.807) is 0 Å². The Morgan fingerprint density at radius 2 is 2.33 bits per heavy atom. The van der Waals surface area contributed by atoms with E-state index in [9.17, 15) is 9.90 Å². The maximum absolute atomic E-state index is 11.4. The third kappa shape index (κ3) is 2.69. The average molecular weight is 213 g/mol. The molecule has 0 bridgehead atoms. The minimum atomic E-state index is -0.138. The van der Waals surface area contributed by atoms with Crippen molar-refractivity contribution in [3.63, 3.8) is 0 Å². The van der Waals surface area contributed by atoms with E-state index < -0.39 is 0 Å². The van der Waals surface area contributed by atoms with Crippen LogP contribution in [0.25, 0.3) is 0 Å². The van der Waals surface area contributed by atoms with Gasteiger partial charge < -0.3 is 14.7 Å². The highest BCUT2D eigenvalue weighted by atomic mass is 16.5. The highest BCUT2D eigenvalue weighted by Gasteiger charge is 2.26. The minimum Gasteiger partial charge on any atom is -0.393 e. The van der Waals surface area contributed by atoms with E-state index in [1.807, 2.05) is 4.90 Å². The van der Waals surface area contributed by atoms with E-state index in [2.05, 4.69) is 0 Å². The summed E-state index contributed by atoms with van der Waals surface area (Å²) in [5.74, 6) is 0.495. The molecule has 0 spiro atoms. The first-order chi connectivity index (χ1) is 7.27. The number of ether oxygens (including phenoxy) is 1. The quantitative estimate of drug-likeness (QED) is 0.738. The second kappa shape index (κ2) is 4.94. The molecule has 0 radical (unpaired) electrons. The summed E-state index contributed by atoms with van der Waals surface area (Å²) in [5.41, 5.74) is 0. The van der Waals surface area contributed by atoms with Crippen molar-refractivity contribution in [3.05, 3.63) is 0 Å². The normalized spacial score (nSPS) is 32.3. The summed E-state index contributed by atoms with van der Waals surface area (Å²) in [4.78, 5) is 13.3. The van der Waals surface area contributed by atoms with Gasteiger partial charge in [0.25, 0.3) is 0 Å². The molecule has 2 unspecified atom stereocenters. The second-order valence-electron chi connectivity index (χ2n) is 4.48. The van der Waals surface area contributed by atoms with Crippen molar-refractivity contribution in [1.82, 2.24) is 4.90 Å². The van der Waals surface area contributed by atoms with E-state index in [0.717, 1.165) is 32.2 Å². The molecule has 2 atom stereocenters. The van der Waals surface area contributed by atoms with E-state index in [-0.39, 0.29) is 18.6 Å². The first-order valence-electron chi connectivity index (χ1n) is 5.81. The molecule has 86 valence electrons. The molecule has 1 aliphatic heterocycles. The van der Waals surface area contributed by atoms with Crippen LogP contribution in [0.15, 0.2) is 0 Å². The Kier molecular flexibility index (Phi) is 3.59. The number of nitrogens with zero attached hydrogens (tertiary/aromatic N) is 1. The molecule has 15 heavy (non-hydrogen) atoms. The lowest BCUT2D eigenvalue weighted by Gasteiger charge is -2.28. The monoisotopic (exact) mass is 213 g/mol. The van der Waals surface area contributed by atoms with Crippen molar-refractivity contribution in [2.75, 3.05) is 26.3 Å². The zero-order chi connectivity index (χ0) is 10.7. The Balaban J connectivity index is 1.74. The predicted octanol–water partition coefficient (Wildman–Crippen LogP) is 0.396. The maximum Gasteiger partial charge on any atom is 0.248 e. The van der Waals surface area contributed by atoms with Gasteiger partial charge in [0.1, 0.15) is 6.61 Å². The van der Waals surface area contributed by atoms with E-state index >= 15 is 0 Å². The van der Waals surface area contributed by atoms with Crippen molar-refractivity contribution in [1.29, 1.82) is 0 Å². The summed E-state index contributed by atoms with van der Waals surface area (Å²) < 4.78 is 5.06. The molecule has 2 fully saturated rings. The van der Waals surface area contributed by atoms with Crippen molar-refractivity contribution >= 4 is 5.91 Å². The van der Waals surface area contributed by atoms with Gasteiger partial charge in [0.05, 0.1) is 12.7 Å². The van der Waals surface area contributed by atoms with Gasteiger partial charge in [0, 0.05) is 13.1 Å². The molecule has 1 N–H and O–H groups in total. The molecule has 1 saturated heterocycles. The molecule has 2 rings (SSSR count). The number of hydrogen-bond acceptors (Lipinski definition) is 3. The molecule has 1 saturated carbocycles. The van der Waals surface area contributed by atoms with Gasteiger partial charge in [0.2, 0.25) is 5.91 Å². The van der Waals surface area contributed by atoms with Crippen molar-refractivity contribution in [2.45, 2.75) is 31.8 Å². The summed E-state index contributed by atoms with van der Waals surface area (Å²) in [5, 5.41) is 9.66. The topological polar surface area (TPSA) is 49.8 Å². The zero-order valence-electron chi connectivity index (χ0n) is 9.02. The van der Waals surface area contributed by atoms with Gasteiger partial charge in [-0.05, 0) is 25.2 Å². The molecule has 0 aromatic heterocycles. The lowest BCUT2D eigenvalue weighted by molar-refractivity contribution is -0.142. The van der Waals surface area contributed by atoms with Crippen LogP contribution in [0.1, 0.15) is 25.7 Å². The highest BCUT2D eigenvalue weighted by molar-refractivity contribution is 5.77. The number of amides is 1. The largest absolute Gasteiger partial charge is 0.393 e. The van der Waals surface area contributed by atoms with E-state index in [4.69, 9.17) is 4.74 Å². The van der Waals surface area contributed by atoms with Crippen LogP contribution in [0.5, 0.6) is 0 Å². The molecule has 0 aromatic carbocycles. The number of carbonyl (C=O) groups is 1. The van der Waals surface area contributed by atoms with Gasteiger partial charge in [0.15, 0.2) is 0 Å². The molecular formula is C11H19NO3. The minimum absolute atomic E-state index is 0.0914.